The van der Waals surface area contributed by atoms with Gasteiger partial charge in [-0.05, 0) is 50.1 Å². The molecule has 0 radical (unpaired) electrons. The number of hydrogen-bond acceptors (Lipinski definition) is 5. The van der Waals surface area contributed by atoms with Crippen molar-refractivity contribution in [2.75, 3.05) is 6.26 Å². The Balaban J connectivity index is 2.45. The molecule has 1 N–H and O–H groups in total. The second kappa shape index (κ2) is 6.28. The molecule has 0 fully saturated rings. The summed E-state index contributed by atoms with van der Waals surface area (Å²) in [5.41, 5.74) is 2.06. The minimum Gasteiger partial charge on any atom is -0.478 e. The molecule has 0 saturated carbocycles. The Morgan fingerprint density at radius 3 is 2.30 bits per heavy atom. The van der Waals surface area contributed by atoms with Crippen LogP contribution in [-0.2, 0) is 0 Å². The van der Waals surface area contributed by atoms with Gasteiger partial charge in [0.1, 0.15) is 0 Å². The standard InChI is InChI=1S/C14H14N2O2S2/c1-8-7-9(2)16-14(15-8)20-11-6-4-5-10(19-3)12(11)13(17)18/h4-7H,1-3H3,(H,17,18). The van der Waals surface area contributed by atoms with E-state index in [1.54, 1.807) is 12.1 Å². The molecule has 2 aromatic rings. The van der Waals surface area contributed by atoms with Crippen LogP contribution in [0.15, 0.2) is 39.2 Å². The first-order chi connectivity index (χ1) is 9.51. The summed E-state index contributed by atoms with van der Waals surface area (Å²) >= 11 is 2.70. The summed E-state index contributed by atoms with van der Waals surface area (Å²) in [6, 6.07) is 7.33. The number of carboxylic acids is 1. The minimum absolute atomic E-state index is 0.313. The molecule has 0 aliphatic rings. The quantitative estimate of drug-likeness (QED) is 0.687. The van der Waals surface area contributed by atoms with Crippen LogP contribution in [0.1, 0.15) is 21.7 Å². The highest BCUT2D eigenvalue weighted by molar-refractivity contribution is 7.99. The van der Waals surface area contributed by atoms with Crippen LogP contribution in [0.5, 0.6) is 0 Å². The first kappa shape index (κ1) is 14.9. The third-order valence-corrected chi connectivity index (χ3v) is 4.29. The van der Waals surface area contributed by atoms with E-state index in [1.165, 1.54) is 23.5 Å². The second-order valence-electron chi connectivity index (χ2n) is 4.17. The fraction of sp³-hybridized carbons (Fsp3) is 0.214. The third-order valence-electron chi connectivity index (χ3n) is 2.58. The Morgan fingerprint density at radius 1 is 1.15 bits per heavy atom. The van der Waals surface area contributed by atoms with Gasteiger partial charge in [0.15, 0.2) is 5.16 Å². The maximum Gasteiger partial charge on any atom is 0.337 e. The Hall–Kier alpha value is -1.53. The maximum absolute atomic E-state index is 11.5. The molecule has 0 aliphatic carbocycles. The third kappa shape index (κ3) is 3.32. The maximum atomic E-state index is 11.5. The van der Waals surface area contributed by atoms with Crippen molar-refractivity contribution in [2.45, 2.75) is 28.8 Å². The van der Waals surface area contributed by atoms with E-state index in [4.69, 9.17) is 0 Å². The molecule has 0 spiro atoms. The van der Waals surface area contributed by atoms with Crippen LogP contribution in [0.4, 0.5) is 0 Å². The van der Waals surface area contributed by atoms with Crippen LogP contribution in [0.25, 0.3) is 0 Å². The molecular weight excluding hydrogens is 292 g/mol. The van der Waals surface area contributed by atoms with Crippen LogP contribution < -0.4 is 0 Å². The van der Waals surface area contributed by atoms with Crippen LogP contribution in [0.2, 0.25) is 0 Å². The second-order valence-corrected chi connectivity index (χ2v) is 6.03. The zero-order valence-corrected chi connectivity index (χ0v) is 13.0. The van der Waals surface area contributed by atoms with Gasteiger partial charge in [-0.15, -0.1) is 11.8 Å². The normalized spacial score (nSPS) is 10.6. The lowest BCUT2D eigenvalue weighted by atomic mass is 10.2. The van der Waals surface area contributed by atoms with Crippen LogP contribution in [0, 0.1) is 13.8 Å². The number of benzene rings is 1. The molecule has 104 valence electrons. The summed E-state index contributed by atoms with van der Waals surface area (Å²) in [4.78, 5) is 21.5. The van der Waals surface area contributed by atoms with E-state index in [0.717, 1.165) is 16.3 Å². The van der Waals surface area contributed by atoms with Crippen molar-refractivity contribution >= 4 is 29.5 Å². The fourth-order valence-electron chi connectivity index (χ4n) is 1.81. The Kier molecular flexibility index (Phi) is 4.67. The predicted octanol–water partition coefficient (Wildman–Crippen LogP) is 3.66. The number of nitrogens with zero attached hydrogens (tertiary/aromatic N) is 2. The number of rotatable bonds is 4. The molecule has 0 amide bonds. The highest BCUT2D eigenvalue weighted by Gasteiger charge is 2.17. The SMILES string of the molecule is CSc1cccc(Sc2nc(C)cc(C)n2)c1C(=O)O. The topological polar surface area (TPSA) is 63.1 Å². The molecule has 1 aromatic carbocycles. The molecule has 1 heterocycles. The summed E-state index contributed by atoms with van der Waals surface area (Å²) in [5, 5.41) is 9.97. The summed E-state index contributed by atoms with van der Waals surface area (Å²) in [7, 11) is 0. The van der Waals surface area contributed by atoms with Gasteiger partial charge in [0.25, 0.3) is 0 Å². The average Bonchev–Trinajstić information content (AvgIpc) is 2.36. The van der Waals surface area contributed by atoms with E-state index in [1.807, 2.05) is 32.2 Å². The lowest BCUT2D eigenvalue weighted by Gasteiger charge is -2.09. The molecule has 6 heteroatoms. The molecule has 0 bridgehead atoms. The summed E-state index contributed by atoms with van der Waals surface area (Å²) < 4.78 is 0. The molecule has 20 heavy (non-hydrogen) atoms. The Labute approximate surface area is 126 Å². The molecule has 4 nitrogen and oxygen atoms in total. The zero-order valence-electron chi connectivity index (χ0n) is 11.4. The molecule has 0 unspecified atom stereocenters. The van der Waals surface area contributed by atoms with Crippen molar-refractivity contribution in [1.82, 2.24) is 9.97 Å². The molecule has 0 aliphatic heterocycles. The van der Waals surface area contributed by atoms with Gasteiger partial charge in [-0.3, -0.25) is 0 Å². The summed E-state index contributed by atoms with van der Waals surface area (Å²) in [6.07, 6.45) is 1.86. The minimum atomic E-state index is -0.929. The Bertz CT molecular complexity index is 639. The number of aromatic carboxylic acids is 1. The molecule has 0 saturated heterocycles. The Morgan fingerprint density at radius 2 is 1.75 bits per heavy atom. The number of aryl methyl sites for hydroxylation is 2. The van der Waals surface area contributed by atoms with Gasteiger partial charge in [0.05, 0.1) is 5.56 Å². The van der Waals surface area contributed by atoms with Crippen molar-refractivity contribution < 1.29 is 9.90 Å². The van der Waals surface area contributed by atoms with E-state index in [0.29, 0.717) is 15.6 Å². The smallest absolute Gasteiger partial charge is 0.337 e. The van der Waals surface area contributed by atoms with Crippen LogP contribution >= 0.6 is 23.5 Å². The largest absolute Gasteiger partial charge is 0.478 e. The van der Waals surface area contributed by atoms with Gasteiger partial charge in [-0.2, -0.15) is 0 Å². The number of hydrogen-bond donors (Lipinski definition) is 1. The summed E-state index contributed by atoms with van der Waals surface area (Å²) in [6.45, 7) is 3.80. The molecule has 0 atom stereocenters. The van der Waals surface area contributed by atoms with Crippen molar-refractivity contribution in [3.05, 3.63) is 41.2 Å². The van der Waals surface area contributed by atoms with E-state index in [2.05, 4.69) is 9.97 Å². The van der Waals surface area contributed by atoms with Gasteiger partial charge >= 0.3 is 5.97 Å². The van der Waals surface area contributed by atoms with Crippen molar-refractivity contribution in [1.29, 1.82) is 0 Å². The van der Waals surface area contributed by atoms with Gasteiger partial charge in [-0.1, -0.05) is 6.07 Å². The molecule has 1 aromatic heterocycles. The van der Waals surface area contributed by atoms with Crippen molar-refractivity contribution in [2.24, 2.45) is 0 Å². The predicted molar refractivity (Wildman–Crippen MR) is 80.8 cm³/mol. The number of thioether (sulfide) groups is 1. The van der Waals surface area contributed by atoms with Gasteiger partial charge < -0.3 is 5.11 Å². The molecule has 2 rings (SSSR count). The van der Waals surface area contributed by atoms with Gasteiger partial charge in [0, 0.05) is 21.2 Å². The first-order valence-corrected chi connectivity index (χ1v) is 7.96. The number of carbonyl (C=O) groups is 1. The monoisotopic (exact) mass is 306 g/mol. The van der Waals surface area contributed by atoms with Crippen molar-refractivity contribution in [3.8, 4) is 0 Å². The van der Waals surface area contributed by atoms with Gasteiger partial charge in [-0.25, -0.2) is 14.8 Å². The molecular formula is C14H14N2O2S2. The van der Waals surface area contributed by atoms with E-state index >= 15 is 0 Å². The number of carboxylic acid groups (broad SMARTS) is 1. The van der Waals surface area contributed by atoms with Crippen molar-refractivity contribution in [3.63, 3.8) is 0 Å². The lowest BCUT2D eigenvalue weighted by molar-refractivity contribution is 0.0689. The summed E-state index contributed by atoms with van der Waals surface area (Å²) in [5.74, 6) is -0.929. The first-order valence-electron chi connectivity index (χ1n) is 5.91. The van der Waals surface area contributed by atoms with Gasteiger partial charge in [0.2, 0.25) is 0 Å². The highest BCUT2D eigenvalue weighted by atomic mass is 32.2. The van der Waals surface area contributed by atoms with E-state index in [-0.39, 0.29) is 0 Å². The fourth-order valence-corrected chi connectivity index (χ4v) is 3.52. The number of aromatic nitrogens is 2. The van der Waals surface area contributed by atoms with Crippen LogP contribution in [-0.4, -0.2) is 27.3 Å². The van der Waals surface area contributed by atoms with E-state index < -0.39 is 5.97 Å². The van der Waals surface area contributed by atoms with E-state index in [9.17, 15) is 9.90 Å². The van der Waals surface area contributed by atoms with Crippen LogP contribution in [0.3, 0.4) is 0 Å². The highest BCUT2D eigenvalue weighted by Crippen LogP contribution is 2.33. The average molecular weight is 306 g/mol. The zero-order chi connectivity index (χ0) is 14.7. The lowest BCUT2D eigenvalue weighted by Crippen LogP contribution is -2.02.